The van der Waals surface area contributed by atoms with E-state index in [9.17, 15) is 4.79 Å². The molecule has 0 radical (unpaired) electrons. The van der Waals surface area contributed by atoms with Crippen LogP contribution in [-0.4, -0.2) is 32.4 Å². The monoisotopic (exact) mass is 247 g/mol. The van der Waals surface area contributed by atoms with Crippen molar-refractivity contribution in [3.63, 3.8) is 0 Å². The van der Waals surface area contributed by atoms with Crippen LogP contribution < -0.4 is 0 Å². The summed E-state index contributed by atoms with van der Waals surface area (Å²) in [5, 5.41) is 0. The van der Waals surface area contributed by atoms with Crippen molar-refractivity contribution in [3.05, 3.63) is 18.2 Å². The van der Waals surface area contributed by atoms with Gasteiger partial charge in [-0.25, -0.2) is 4.98 Å². The predicted molar refractivity (Wildman–Crippen MR) is 69.1 cm³/mol. The Hall–Kier alpha value is -1.32. The van der Waals surface area contributed by atoms with Gasteiger partial charge in [0.2, 0.25) is 5.91 Å². The number of carbonyl (C=O) groups is 1. The van der Waals surface area contributed by atoms with E-state index in [1.54, 1.807) is 6.33 Å². The highest BCUT2D eigenvalue weighted by Gasteiger charge is 2.56. The molecule has 0 aromatic carbocycles. The number of aryl methyl sites for hydroxylation is 1. The maximum atomic E-state index is 12.8. The number of hydrogen-bond acceptors (Lipinski definition) is 2. The first kappa shape index (κ1) is 11.8. The van der Waals surface area contributed by atoms with E-state index in [1.807, 2.05) is 31.5 Å². The number of nitrogens with zero attached hydrogens (tertiary/aromatic N) is 3. The van der Waals surface area contributed by atoms with Gasteiger partial charge in [-0.3, -0.25) is 4.79 Å². The molecular weight excluding hydrogens is 226 g/mol. The summed E-state index contributed by atoms with van der Waals surface area (Å²) in [4.78, 5) is 19.1. The molecule has 1 aliphatic carbocycles. The van der Waals surface area contributed by atoms with E-state index in [4.69, 9.17) is 0 Å². The zero-order valence-electron chi connectivity index (χ0n) is 11.6. The van der Waals surface area contributed by atoms with Crippen LogP contribution in [0.5, 0.6) is 0 Å². The molecule has 1 aromatic rings. The molecule has 1 saturated carbocycles. The largest absolute Gasteiger partial charge is 0.335 e. The van der Waals surface area contributed by atoms with Crippen molar-refractivity contribution < 1.29 is 4.79 Å². The number of carbonyl (C=O) groups excluding carboxylic acids is 1. The Bertz CT molecular complexity index is 497. The Morgan fingerprint density at radius 2 is 2.17 bits per heavy atom. The summed E-state index contributed by atoms with van der Waals surface area (Å²) in [5.74, 6) is 0.960. The maximum absolute atomic E-state index is 12.8. The molecule has 1 amide bonds. The number of amides is 1. The lowest BCUT2D eigenvalue weighted by Crippen LogP contribution is -2.53. The van der Waals surface area contributed by atoms with Gasteiger partial charge in [0.15, 0.2) is 0 Å². The first-order chi connectivity index (χ1) is 8.33. The van der Waals surface area contributed by atoms with Gasteiger partial charge in [-0.15, -0.1) is 0 Å². The molecule has 4 rings (SSSR count). The number of rotatable bonds is 2. The van der Waals surface area contributed by atoms with Gasteiger partial charge in [-0.05, 0) is 46.5 Å². The van der Waals surface area contributed by atoms with Crippen LogP contribution >= 0.6 is 0 Å². The second-order valence-corrected chi connectivity index (χ2v) is 6.67. The Kier molecular flexibility index (Phi) is 2.20. The van der Waals surface area contributed by atoms with Gasteiger partial charge in [-0.2, -0.15) is 0 Å². The number of hydrogen-bond donors (Lipinski definition) is 0. The molecule has 4 nitrogen and oxygen atoms in total. The van der Waals surface area contributed by atoms with E-state index >= 15 is 0 Å². The summed E-state index contributed by atoms with van der Waals surface area (Å²) in [6, 6.07) is 0. The summed E-state index contributed by atoms with van der Waals surface area (Å²) in [5.41, 5.74) is 0.531. The van der Waals surface area contributed by atoms with Crippen LogP contribution in [0.1, 0.15) is 39.3 Å². The van der Waals surface area contributed by atoms with Gasteiger partial charge in [0.25, 0.3) is 0 Å². The fraction of sp³-hybridized carbons (Fsp3) is 0.714. The lowest BCUT2D eigenvalue weighted by Gasteiger charge is -2.41. The van der Waals surface area contributed by atoms with Crippen molar-refractivity contribution in [1.82, 2.24) is 14.5 Å². The number of aromatic nitrogens is 2. The van der Waals surface area contributed by atoms with Crippen LogP contribution in [0.25, 0.3) is 0 Å². The van der Waals surface area contributed by atoms with Crippen LogP contribution in [0, 0.1) is 12.8 Å². The highest BCUT2D eigenvalue weighted by Crippen LogP contribution is 2.51. The smallest absolute Gasteiger partial charge is 0.248 e. The van der Waals surface area contributed by atoms with Crippen molar-refractivity contribution in [2.24, 2.45) is 5.92 Å². The zero-order valence-corrected chi connectivity index (χ0v) is 11.6. The lowest BCUT2D eigenvalue weighted by molar-refractivity contribution is -0.142. The molecule has 3 fully saturated rings. The normalized spacial score (nSPS) is 30.4. The molecule has 2 aliphatic heterocycles. The second-order valence-electron chi connectivity index (χ2n) is 6.67. The minimum Gasteiger partial charge on any atom is -0.335 e. The van der Waals surface area contributed by atoms with Crippen molar-refractivity contribution in [2.75, 3.05) is 6.54 Å². The van der Waals surface area contributed by atoms with Gasteiger partial charge in [0.05, 0.1) is 12.0 Å². The topological polar surface area (TPSA) is 38.1 Å². The standard InChI is InChI=1S/C14H21N3O/c1-10-7-16(9-15-10)13(2,3)12(18)17-8-11-5-14(17,4)6-11/h7,9,11H,5-6,8H2,1-4H3. The first-order valence-corrected chi connectivity index (χ1v) is 6.66. The minimum atomic E-state index is -0.540. The molecule has 3 heterocycles. The van der Waals surface area contributed by atoms with E-state index in [2.05, 4.69) is 16.8 Å². The van der Waals surface area contributed by atoms with Crippen LogP contribution in [-0.2, 0) is 10.3 Å². The van der Waals surface area contributed by atoms with Crippen molar-refractivity contribution >= 4 is 5.91 Å². The first-order valence-electron chi connectivity index (χ1n) is 6.66. The summed E-state index contributed by atoms with van der Waals surface area (Å²) >= 11 is 0. The molecule has 1 aromatic heterocycles. The summed E-state index contributed by atoms with van der Waals surface area (Å²) in [6.45, 7) is 9.06. The van der Waals surface area contributed by atoms with Crippen LogP contribution in [0.2, 0.25) is 0 Å². The Morgan fingerprint density at radius 1 is 1.50 bits per heavy atom. The molecule has 0 spiro atoms. The lowest BCUT2D eigenvalue weighted by atomic mass is 9.74. The quantitative estimate of drug-likeness (QED) is 0.801. The average Bonchev–Trinajstić information content (AvgIpc) is 2.88. The fourth-order valence-electron chi connectivity index (χ4n) is 3.51. The summed E-state index contributed by atoms with van der Waals surface area (Å²) in [7, 11) is 0. The van der Waals surface area contributed by atoms with Crippen molar-refractivity contribution in [3.8, 4) is 0 Å². The molecule has 98 valence electrons. The predicted octanol–water partition coefficient (Wildman–Crippen LogP) is 1.94. The Labute approximate surface area is 108 Å². The fourth-order valence-corrected chi connectivity index (χ4v) is 3.51. The average molecular weight is 247 g/mol. The molecule has 0 unspecified atom stereocenters. The molecule has 18 heavy (non-hydrogen) atoms. The minimum absolute atomic E-state index is 0.120. The van der Waals surface area contributed by atoms with E-state index < -0.39 is 5.54 Å². The van der Waals surface area contributed by atoms with E-state index in [0.717, 1.165) is 18.2 Å². The Balaban J connectivity index is 1.88. The molecule has 4 heteroatoms. The second kappa shape index (κ2) is 3.37. The Morgan fingerprint density at radius 3 is 2.61 bits per heavy atom. The molecule has 3 aliphatic rings. The van der Waals surface area contributed by atoms with Gasteiger partial charge in [0.1, 0.15) is 5.54 Å². The molecule has 2 bridgehead atoms. The van der Waals surface area contributed by atoms with Crippen LogP contribution in [0.4, 0.5) is 0 Å². The third-order valence-corrected chi connectivity index (χ3v) is 4.67. The third-order valence-electron chi connectivity index (χ3n) is 4.67. The summed E-state index contributed by atoms with van der Waals surface area (Å²) < 4.78 is 1.93. The van der Waals surface area contributed by atoms with E-state index in [-0.39, 0.29) is 11.4 Å². The van der Waals surface area contributed by atoms with E-state index in [1.165, 1.54) is 12.8 Å². The number of imidazole rings is 1. The molecule has 0 atom stereocenters. The van der Waals surface area contributed by atoms with Crippen molar-refractivity contribution in [2.45, 2.75) is 51.6 Å². The summed E-state index contributed by atoms with van der Waals surface area (Å²) in [6.07, 6.45) is 6.06. The number of fused-ring (bicyclic) bond motifs is 1. The highest BCUT2D eigenvalue weighted by molar-refractivity contribution is 5.85. The maximum Gasteiger partial charge on any atom is 0.248 e. The zero-order chi connectivity index (χ0) is 13.1. The highest BCUT2D eigenvalue weighted by atomic mass is 16.2. The van der Waals surface area contributed by atoms with Gasteiger partial charge < -0.3 is 9.47 Å². The SMILES string of the molecule is Cc1cn(C(C)(C)C(=O)N2CC3CC2(C)C3)cn1. The van der Waals surface area contributed by atoms with Crippen LogP contribution in [0.3, 0.4) is 0 Å². The molecular formula is C14H21N3O. The van der Waals surface area contributed by atoms with Gasteiger partial charge in [0, 0.05) is 18.3 Å². The third kappa shape index (κ3) is 1.44. The van der Waals surface area contributed by atoms with Crippen LogP contribution in [0.15, 0.2) is 12.5 Å². The molecule has 0 N–H and O–H groups in total. The van der Waals surface area contributed by atoms with Crippen molar-refractivity contribution in [1.29, 1.82) is 0 Å². The van der Waals surface area contributed by atoms with Gasteiger partial charge >= 0.3 is 0 Å². The molecule has 2 saturated heterocycles. The van der Waals surface area contributed by atoms with E-state index in [0.29, 0.717) is 0 Å². The van der Waals surface area contributed by atoms with Gasteiger partial charge in [-0.1, -0.05) is 0 Å².